The number of rotatable bonds is 7. The molecule has 0 aromatic heterocycles. The summed E-state index contributed by atoms with van der Waals surface area (Å²) >= 11 is 0. The predicted molar refractivity (Wildman–Crippen MR) is 65.9 cm³/mol. The first kappa shape index (κ1) is 13.1. The van der Waals surface area contributed by atoms with Gasteiger partial charge < -0.3 is 26.3 Å². The summed E-state index contributed by atoms with van der Waals surface area (Å²) in [5.74, 6) is 0.209. The summed E-state index contributed by atoms with van der Waals surface area (Å²) < 4.78 is 10.1. The van der Waals surface area contributed by atoms with Crippen LogP contribution in [-0.2, 0) is 9.53 Å². The molecule has 0 atom stereocenters. The molecule has 1 aromatic carbocycles. The molecule has 0 bridgehead atoms. The highest BCUT2D eigenvalue weighted by Gasteiger charge is 1.99. The zero-order chi connectivity index (χ0) is 12.7. The Kier molecular flexibility index (Phi) is 5.09. The normalized spacial score (nSPS) is 9.94. The van der Waals surface area contributed by atoms with Crippen LogP contribution in [0.5, 0.6) is 5.75 Å². The zero-order valence-corrected chi connectivity index (χ0v) is 9.73. The van der Waals surface area contributed by atoms with E-state index in [-0.39, 0.29) is 6.61 Å². The fraction of sp³-hybridized carbons (Fsp3) is 0.364. The Morgan fingerprint density at radius 2 is 2.18 bits per heavy atom. The molecule has 0 aliphatic rings. The van der Waals surface area contributed by atoms with E-state index in [4.69, 9.17) is 20.9 Å². The largest absolute Gasteiger partial charge is 0.497 e. The first-order valence-electron chi connectivity index (χ1n) is 5.16. The topological polar surface area (TPSA) is 99.6 Å². The lowest BCUT2D eigenvalue weighted by molar-refractivity contribution is -0.122. The number of nitrogen functional groups attached to an aromatic ring is 1. The Balaban J connectivity index is 2.36. The summed E-state index contributed by atoms with van der Waals surface area (Å²) in [7, 11) is 1.58. The molecule has 0 heterocycles. The number of hydrogen-bond acceptors (Lipinski definition) is 5. The molecule has 5 N–H and O–H groups in total. The number of nitrogens with one attached hydrogen (secondary N) is 1. The van der Waals surface area contributed by atoms with Crippen molar-refractivity contribution in [1.29, 1.82) is 0 Å². The van der Waals surface area contributed by atoms with Crippen LogP contribution in [-0.4, -0.2) is 32.8 Å². The highest BCUT2D eigenvalue weighted by atomic mass is 16.5. The van der Waals surface area contributed by atoms with Crippen LogP contribution in [0.3, 0.4) is 0 Å². The Hall–Kier alpha value is -1.95. The van der Waals surface area contributed by atoms with E-state index in [9.17, 15) is 4.79 Å². The van der Waals surface area contributed by atoms with Crippen LogP contribution in [0.15, 0.2) is 18.2 Å². The lowest BCUT2D eigenvalue weighted by atomic mass is 10.2. The summed E-state index contributed by atoms with van der Waals surface area (Å²) in [6, 6.07) is 5.34. The average Bonchev–Trinajstić information content (AvgIpc) is 2.27. The van der Waals surface area contributed by atoms with Gasteiger partial charge in [0.25, 0.3) is 0 Å². The third-order valence-corrected chi connectivity index (χ3v) is 1.98. The molecule has 0 aliphatic heterocycles. The van der Waals surface area contributed by atoms with Gasteiger partial charge in [-0.15, -0.1) is 0 Å². The number of anilines is 2. The number of methoxy groups -OCH3 is 1. The Labute approximate surface area is 99.9 Å². The number of carbonyl (C=O) groups is 1. The standard InChI is InChI=1S/C11H17N3O3/c1-16-10-5-8(12)4-9(6-10)14-2-3-17-7-11(13)15/h4-6,14H,2-3,7,12H2,1H3,(H2,13,15). The van der Waals surface area contributed by atoms with Gasteiger partial charge in [0.2, 0.25) is 5.91 Å². The molecule has 94 valence electrons. The van der Waals surface area contributed by atoms with Crippen LogP contribution < -0.4 is 21.5 Å². The third kappa shape index (κ3) is 5.07. The molecule has 6 heteroatoms. The van der Waals surface area contributed by atoms with Gasteiger partial charge in [0.15, 0.2) is 0 Å². The van der Waals surface area contributed by atoms with Crippen molar-refractivity contribution in [2.24, 2.45) is 5.73 Å². The number of amides is 1. The monoisotopic (exact) mass is 239 g/mol. The first-order valence-corrected chi connectivity index (χ1v) is 5.16. The molecular weight excluding hydrogens is 222 g/mol. The van der Waals surface area contributed by atoms with Crippen molar-refractivity contribution in [1.82, 2.24) is 0 Å². The lowest BCUT2D eigenvalue weighted by Crippen LogP contribution is -2.20. The Morgan fingerprint density at radius 1 is 1.41 bits per heavy atom. The zero-order valence-electron chi connectivity index (χ0n) is 9.73. The maximum Gasteiger partial charge on any atom is 0.243 e. The van der Waals surface area contributed by atoms with Crippen LogP contribution in [0.2, 0.25) is 0 Å². The maximum atomic E-state index is 10.4. The van der Waals surface area contributed by atoms with Gasteiger partial charge in [0.1, 0.15) is 12.4 Å². The van der Waals surface area contributed by atoms with E-state index in [2.05, 4.69) is 5.32 Å². The number of nitrogens with two attached hydrogens (primary N) is 2. The molecule has 1 rings (SSSR count). The number of ether oxygens (including phenoxy) is 2. The van der Waals surface area contributed by atoms with E-state index in [0.717, 1.165) is 5.69 Å². The molecule has 0 radical (unpaired) electrons. The van der Waals surface area contributed by atoms with Crippen molar-refractivity contribution in [3.63, 3.8) is 0 Å². The molecule has 0 fully saturated rings. The van der Waals surface area contributed by atoms with Crippen molar-refractivity contribution >= 4 is 17.3 Å². The van der Waals surface area contributed by atoms with Crippen LogP contribution in [0.1, 0.15) is 0 Å². The van der Waals surface area contributed by atoms with Gasteiger partial charge in [-0.3, -0.25) is 4.79 Å². The average molecular weight is 239 g/mol. The summed E-state index contributed by atoms with van der Waals surface area (Å²) in [5.41, 5.74) is 12.1. The fourth-order valence-electron chi connectivity index (χ4n) is 1.28. The van der Waals surface area contributed by atoms with E-state index >= 15 is 0 Å². The summed E-state index contributed by atoms with van der Waals surface area (Å²) in [4.78, 5) is 10.4. The van der Waals surface area contributed by atoms with E-state index in [1.165, 1.54) is 0 Å². The molecule has 0 aliphatic carbocycles. The van der Waals surface area contributed by atoms with Gasteiger partial charge in [-0.1, -0.05) is 0 Å². The SMILES string of the molecule is COc1cc(N)cc(NCCOCC(N)=O)c1. The second kappa shape index (κ2) is 6.59. The first-order chi connectivity index (χ1) is 8.11. The second-order valence-corrected chi connectivity index (χ2v) is 3.44. The van der Waals surface area contributed by atoms with Crippen LogP contribution in [0.25, 0.3) is 0 Å². The van der Waals surface area contributed by atoms with Gasteiger partial charge in [-0.05, 0) is 6.07 Å². The minimum absolute atomic E-state index is 0.0675. The minimum atomic E-state index is -0.476. The maximum absolute atomic E-state index is 10.4. The van der Waals surface area contributed by atoms with Gasteiger partial charge in [-0.25, -0.2) is 0 Å². The van der Waals surface area contributed by atoms with Crippen molar-refractivity contribution < 1.29 is 14.3 Å². The van der Waals surface area contributed by atoms with Crippen molar-refractivity contribution in [2.75, 3.05) is 37.9 Å². The van der Waals surface area contributed by atoms with E-state index in [1.54, 1.807) is 19.2 Å². The molecule has 0 spiro atoms. The third-order valence-electron chi connectivity index (χ3n) is 1.98. The molecule has 17 heavy (non-hydrogen) atoms. The Bertz CT molecular complexity index is 382. The second-order valence-electron chi connectivity index (χ2n) is 3.44. The smallest absolute Gasteiger partial charge is 0.243 e. The van der Waals surface area contributed by atoms with Gasteiger partial charge >= 0.3 is 0 Å². The van der Waals surface area contributed by atoms with Gasteiger partial charge in [0, 0.05) is 30.1 Å². The molecule has 0 unspecified atom stereocenters. The highest BCUT2D eigenvalue weighted by molar-refractivity contribution is 5.74. The summed E-state index contributed by atoms with van der Waals surface area (Å²) in [6.45, 7) is 0.877. The molecule has 1 amide bonds. The fourth-order valence-corrected chi connectivity index (χ4v) is 1.28. The molecular formula is C11H17N3O3. The van der Waals surface area contributed by atoms with Crippen LogP contribution in [0, 0.1) is 0 Å². The number of primary amides is 1. The minimum Gasteiger partial charge on any atom is -0.497 e. The Morgan fingerprint density at radius 3 is 2.82 bits per heavy atom. The highest BCUT2D eigenvalue weighted by Crippen LogP contribution is 2.21. The van der Waals surface area contributed by atoms with Gasteiger partial charge in [-0.2, -0.15) is 0 Å². The summed E-state index contributed by atoms with van der Waals surface area (Å²) in [5, 5.41) is 3.10. The molecule has 1 aromatic rings. The van der Waals surface area contributed by atoms with Crippen molar-refractivity contribution in [3.05, 3.63) is 18.2 Å². The predicted octanol–water partition coefficient (Wildman–Crippen LogP) is 0.191. The van der Waals surface area contributed by atoms with E-state index in [1.807, 2.05) is 6.07 Å². The number of carbonyl (C=O) groups excluding carboxylic acids is 1. The van der Waals surface area contributed by atoms with Crippen molar-refractivity contribution in [3.8, 4) is 5.75 Å². The number of benzene rings is 1. The van der Waals surface area contributed by atoms with E-state index < -0.39 is 5.91 Å². The van der Waals surface area contributed by atoms with Crippen LogP contribution in [0.4, 0.5) is 11.4 Å². The van der Waals surface area contributed by atoms with Crippen molar-refractivity contribution in [2.45, 2.75) is 0 Å². The van der Waals surface area contributed by atoms with E-state index in [0.29, 0.717) is 24.6 Å². The van der Waals surface area contributed by atoms with Crippen LogP contribution >= 0.6 is 0 Å². The molecule has 0 saturated carbocycles. The molecule has 0 saturated heterocycles. The number of hydrogen-bond donors (Lipinski definition) is 3. The molecule has 6 nitrogen and oxygen atoms in total. The lowest BCUT2D eigenvalue weighted by Gasteiger charge is -2.09. The summed E-state index contributed by atoms with van der Waals surface area (Å²) in [6.07, 6.45) is 0. The van der Waals surface area contributed by atoms with Gasteiger partial charge in [0.05, 0.1) is 13.7 Å². The quantitative estimate of drug-likeness (QED) is 0.466.